The van der Waals surface area contributed by atoms with Crippen molar-refractivity contribution < 1.29 is 13.6 Å². The van der Waals surface area contributed by atoms with Crippen LogP contribution in [0, 0.1) is 5.41 Å². The minimum Gasteiger partial charge on any atom is -0.404 e. The van der Waals surface area contributed by atoms with Gasteiger partial charge in [-0.1, -0.05) is 12.1 Å². The third kappa shape index (κ3) is 5.32. The first kappa shape index (κ1) is 20.3. The van der Waals surface area contributed by atoms with Crippen LogP contribution in [0.4, 0.5) is 14.5 Å². The van der Waals surface area contributed by atoms with E-state index in [1.807, 2.05) is 0 Å². The summed E-state index contributed by atoms with van der Waals surface area (Å²) >= 11 is 0. The summed E-state index contributed by atoms with van der Waals surface area (Å²) in [6.45, 7) is 0.0226. The maximum atomic E-state index is 12.9. The monoisotopic (exact) mass is 397 g/mol. The lowest BCUT2D eigenvalue weighted by atomic mass is 10.0. The number of hydrogen-bond donors (Lipinski definition) is 3. The number of amides is 1. The molecule has 3 rings (SSSR count). The molecule has 1 aromatic carbocycles. The number of nitrogens with zero attached hydrogens (tertiary/aromatic N) is 2. The Hall–Kier alpha value is -3.39. The van der Waals surface area contributed by atoms with Gasteiger partial charge < -0.3 is 16.5 Å². The molecule has 4 N–H and O–H groups in total. The van der Waals surface area contributed by atoms with Gasteiger partial charge >= 0.3 is 0 Å². The molecule has 1 aromatic heterocycles. The van der Waals surface area contributed by atoms with Crippen LogP contribution in [-0.2, 0) is 11.3 Å². The first-order valence-corrected chi connectivity index (χ1v) is 8.95. The standard InChI is InChI=1S/C21H21F2N5O/c22-21(23)13-28(14-21)12-15-1-4-18(5-2-15)27-20(29)6-3-16-11-26-8-7-19(16)17(9-24)10-25/h1-11,24H,12-14,25H2,(H,27,29)/b6-3+,17-10+,24-9?. The second kappa shape index (κ2) is 8.74. The fraction of sp³-hybridized carbons (Fsp3) is 0.190. The van der Waals surface area contributed by atoms with Crippen molar-refractivity contribution in [3.8, 4) is 0 Å². The van der Waals surface area contributed by atoms with Crippen LogP contribution in [-0.4, -0.2) is 41.0 Å². The predicted octanol–water partition coefficient (Wildman–Crippen LogP) is 3.13. The number of halogens is 2. The number of nitrogens with two attached hydrogens (primary N) is 1. The zero-order valence-corrected chi connectivity index (χ0v) is 15.6. The molecule has 1 aliphatic heterocycles. The fourth-order valence-corrected chi connectivity index (χ4v) is 3.04. The molecule has 2 aromatic rings. The minimum atomic E-state index is -2.58. The summed E-state index contributed by atoms with van der Waals surface area (Å²) in [6.07, 6.45) is 8.60. The molecule has 150 valence electrons. The van der Waals surface area contributed by atoms with Crippen molar-refractivity contribution in [2.45, 2.75) is 12.5 Å². The molecular formula is C21H21F2N5O. The van der Waals surface area contributed by atoms with E-state index in [-0.39, 0.29) is 19.0 Å². The summed E-state index contributed by atoms with van der Waals surface area (Å²) in [5.74, 6) is -2.91. The van der Waals surface area contributed by atoms with E-state index in [2.05, 4.69) is 10.3 Å². The summed E-state index contributed by atoms with van der Waals surface area (Å²) in [7, 11) is 0. The number of alkyl halides is 2. The van der Waals surface area contributed by atoms with Crippen molar-refractivity contribution in [2.75, 3.05) is 18.4 Å². The highest BCUT2D eigenvalue weighted by molar-refractivity contribution is 6.10. The van der Waals surface area contributed by atoms with E-state index in [0.29, 0.717) is 28.9 Å². The van der Waals surface area contributed by atoms with Gasteiger partial charge in [0, 0.05) is 54.3 Å². The lowest BCUT2D eigenvalue weighted by molar-refractivity contribution is -0.133. The molecule has 0 unspecified atom stereocenters. The van der Waals surface area contributed by atoms with E-state index in [0.717, 1.165) is 11.8 Å². The molecular weight excluding hydrogens is 376 g/mol. The molecule has 2 heterocycles. The van der Waals surface area contributed by atoms with E-state index < -0.39 is 5.92 Å². The van der Waals surface area contributed by atoms with Crippen molar-refractivity contribution in [3.05, 3.63) is 71.7 Å². The summed E-state index contributed by atoms with van der Waals surface area (Å²) in [5, 5.41) is 10.2. The highest BCUT2D eigenvalue weighted by Gasteiger charge is 2.43. The maximum absolute atomic E-state index is 12.9. The number of carbonyl (C=O) groups is 1. The van der Waals surface area contributed by atoms with E-state index in [4.69, 9.17) is 11.1 Å². The number of benzene rings is 1. The number of likely N-dealkylation sites (tertiary alicyclic amines) is 1. The maximum Gasteiger partial charge on any atom is 0.272 e. The quantitative estimate of drug-likeness (QED) is 0.494. The van der Waals surface area contributed by atoms with Gasteiger partial charge in [-0.2, -0.15) is 0 Å². The molecule has 1 fully saturated rings. The van der Waals surface area contributed by atoms with Crippen LogP contribution in [0.1, 0.15) is 16.7 Å². The van der Waals surface area contributed by atoms with Gasteiger partial charge in [0.15, 0.2) is 0 Å². The Morgan fingerprint density at radius 2 is 2.00 bits per heavy atom. The van der Waals surface area contributed by atoms with Crippen molar-refractivity contribution in [3.63, 3.8) is 0 Å². The smallest absolute Gasteiger partial charge is 0.272 e. The SMILES string of the molecule is N=C/C(=C\N)c1ccncc1/C=C/C(=O)Nc1ccc(CN2CC(F)(F)C2)cc1. The number of anilines is 1. The summed E-state index contributed by atoms with van der Waals surface area (Å²) < 4.78 is 25.8. The molecule has 0 spiro atoms. The average Bonchev–Trinajstić information content (AvgIpc) is 2.68. The Kier molecular flexibility index (Phi) is 6.13. The van der Waals surface area contributed by atoms with Crippen molar-refractivity contribution in [1.29, 1.82) is 5.41 Å². The van der Waals surface area contributed by atoms with Gasteiger partial charge in [0.2, 0.25) is 5.91 Å². The molecule has 0 bridgehead atoms. The van der Waals surface area contributed by atoms with Crippen molar-refractivity contribution in [2.24, 2.45) is 5.73 Å². The van der Waals surface area contributed by atoms with Gasteiger partial charge in [-0.05, 0) is 35.4 Å². The second-order valence-corrected chi connectivity index (χ2v) is 6.75. The molecule has 8 heteroatoms. The number of rotatable bonds is 7. The third-order valence-corrected chi connectivity index (χ3v) is 4.45. The fourth-order valence-electron chi connectivity index (χ4n) is 3.04. The van der Waals surface area contributed by atoms with Crippen LogP contribution in [0.5, 0.6) is 0 Å². The van der Waals surface area contributed by atoms with Gasteiger partial charge in [0.05, 0.1) is 13.1 Å². The zero-order chi connectivity index (χ0) is 20.9. The van der Waals surface area contributed by atoms with Gasteiger partial charge in [-0.15, -0.1) is 0 Å². The average molecular weight is 397 g/mol. The van der Waals surface area contributed by atoms with Crippen LogP contribution < -0.4 is 11.1 Å². The number of carbonyl (C=O) groups excluding carboxylic acids is 1. The number of pyridine rings is 1. The highest BCUT2D eigenvalue weighted by atomic mass is 19.3. The minimum absolute atomic E-state index is 0.217. The number of allylic oxidation sites excluding steroid dienone is 1. The Balaban J connectivity index is 1.59. The summed E-state index contributed by atoms with van der Waals surface area (Å²) in [4.78, 5) is 17.9. The van der Waals surface area contributed by atoms with Crippen molar-refractivity contribution >= 4 is 29.5 Å². The largest absolute Gasteiger partial charge is 0.404 e. The number of nitrogens with one attached hydrogen (secondary N) is 2. The molecule has 29 heavy (non-hydrogen) atoms. The first-order chi connectivity index (χ1) is 13.9. The zero-order valence-electron chi connectivity index (χ0n) is 15.6. The Bertz CT molecular complexity index is 946. The summed E-state index contributed by atoms with van der Waals surface area (Å²) in [5.41, 5.74) is 8.91. The Morgan fingerprint density at radius 1 is 1.28 bits per heavy atom. The summed E-state index contributed by atoms with van der Waals surface area (Å²) in [6, 6.07) is 8.79. The predicted molar refractivity (Wildman–Crippen MR) is 110 cm³/mol. The van der Waals surface area contributed by atoms with Crippen molar-refractivity contribution in [1.82, 2.24) is 9.88 Å². The molecule has 1 aliphatic rings. The van der Waals surface area contributed by atoms with Gasteiger partial charge in [-0.25, -0.2) is 8.78 Å². The van der Waals surface area contributed by atoms with Crippen LogP contribution >= 0.6 is 0 Å². The second-order valence-electron chi connectivity index (χ2n) is 6.75. The molecule has 0 atom stereocenters. The molecule has 0 radical (unpaired) electrons. The van der Waals surface area contributed by atoms with E-state index in [1.54, 1.807) is 53.7 Å². The lowest BCUT2D eigenvalue weighted by Crippen LogP contribution is -2.55. The molecule has 1 saturated heterocycles. The topological polar surface area (TPSA) is 95.1 Å². The number of aromatic nitrogens is 1. The van der Waals surface area contributed by atoms with E-state index >= 15 is 0 Å². The third-order valence-electron chi connectivity index (χ3n) is 4.45. The van der Waals surface area contributed by atoms with Gasteiger partial charge in [-0.3, -0.25) is 14.7 Å². The Morgan fingerprint density at radius 3 is 2.62 bits per heavy atom. The molecule has 1 amide bonds. The van der Waals surface area contributed by atoms with E-state index in [9.17, 15) is 13.6 Å². The van der Waals surface area contributed by atoms with E-state index in [1.165, 1.54) is 12.3 Å². The van der Waals surface area contributed by atoms with Crippen LogP contribution in [0.2, 0.25) is 0 Å². The van der Waals surface area contributed by atoms with Crippen LogP contribution in [0.3, 0.4) is 0 Å². The molecule has 6 nitrogen and oxygen atoms in total. The Labute approximate surface area is 167 Å². The lowest BCUT2D eigenvalue weighted by Gasteiger charge is -2.38. The first-order valence-electron chi connectivity index (χ1n) is 8.95. The molecule has 0 saturated carbocycles. The van der Waals surface area contributed by atoms with Crippen LogP contribution in [0.15, 0.2) is 55.0 Å². The van der Waals surface area contributed by atoms with Crippen LogP contribution in [0.25, 0.3) is 11.6 Å². The molecule has 0 aliphatic carbocycles. The van der Waals surface area contributed by atoms with Gasteiger partial charge in [0.1, 0.15) is 0 Å². The number of hydrogen-bond acceptors (Lipinski definition) is 5. The van der Waals surface area contributed by atoms with Gasteiger partial charge in [0.25, 0.3) is 5.92 Å². The highest BCUT2D eigenvalue weighted by Crippen LogP contribution is 2.28. The normalized spacial score (nSPS) is 16.4.